The summed E-state index contributed by atoms with van der Waals surface area (Å²) in [6.45, 7) is 0. The van der Waals surface area contributed by atoms with Crippen LogP contribution in [-0.4, -0.2) is 22.2 Å². The van der Waals surface area contributed by atoms with Gasteiger partial charge in [-0.2, -0.15) is 0 Å². The Labute approximate surface area is 69.2 Å². The van der Waals surface area contributed by atoms with Crippen LogP contribution in [0.25, 0.3) is 0 Å². The van der Waals surface area contributed by atoms with Crippen molar-refractivity contribution in [2.75, 3.05) is 0 Å². The molecule has 3 aliphatic carbocycles. The molecule has 66 valence electrons. The fourth-order valence-corrected chi connectivity index (χ4v) is 2.59. The van der Waals surface area contributed by atoms with E-state index in [4.69, 9.17) is 10.2 Å². The van der Waals surface area contributed by atoms with Crippen molar-refractivity contribution in [1.82, 2.24) is 0 Å². The summed E-state index contributed by atoms with van der Waals surface area (Å²) in [5.74, 6) is -1.64. The van der Waals surface area contributed by atoms with Crippen LogP contribution < -0.4 is 0 Å². The first kappa shape index (κ1) is 7.58. The Kier molecular flexibility index (Phi) is 1.14. The molecular weight excluding hydrogens is 160 g/mol. The summed E-state index contributed by atoms with van der Waals surface area (Å²) in [6, 6.07) is 0. The first-order chi connectivity index (χ1) is 5.51. The second-order valence-electron chi connectivity index (χ2n) is 4.02. The highest BCUT2D eigenvalue weighted by Gasteiger charge is 2.68. The summed E-state index contributed by atoms with van der Waals surface area (Å²) in [4.78, 5) is 21.5. The van der Waals surface area contributed by atoms with E-state index in [1.165, 1.54) is 0 Å². The van der Waals surface area contributed by atoms with E-state index in [9.17, 15) is 9.59 Å². The molecule has 2 N–H and O–H groups in total. The van der Waals surface area contributed by atoms with Crippen molar-refractivity contribution in [2.45, 2.75) is 25.7 Å². The van der Waals surface area contributed by atoms with Crippen molar-refractivity contribution < 1.29 is 19.8 Å². The summed E-state index contributed by atoms with van der Waals surface area (Å²) in [7, 11) is 0. The molecule has 3 aliphatic rings. The molecule has 0 aromatic heterocycles. The standard InChI is InChI=1S/C8H10O4/c9-5(10)7-1-2-8(3-7,4-7)6(11)12/h1-4H2,(H,9,10)(H,11,12). The summed E-state index contributed by atoms with van der Waals surface area (Å²) in [6.07, 6.45) is 1.75. The zero-order valence-corrected chi connectivity index (χ0v) is 6.54. The number of hydrogen-bond donors (Lipinski definition) is 2. The van der Waals surface area contributed by atoms with Crippen molar-refractivity contribution in [1.29, 1.82) is 0 Å². The Morgan fingerprint density at radius 1 is 0.917 bits per heavy atom. The minimum absolute atomic E-state index is 0.338. The van der Waals surface area contributed by atoms with Crippen LogP contribution in [0.4, 0.5) is 0 Å². The molecule has 2 bridgehead atoms. The van der Waals surface area contributed by atoms with Crippen LogP contribution in [0.3, 0.4) is 0 Å². The van der Waals surface area contributed by atoms with E-state index in [2.05, 4.69) is 0 Å². The summed E-state index contributed by atoms with van der Waals surface area (Å²) < 4.78 is 0. The van der Waals surface area contributed by atoms with E-state index < -0.39 is 22.8 Å². The Morgan fingerprint density at radius 2 is 1.25 bits per heavy atom. The Morgan fingerprint density at radius 3 is 1.42 bits per heavy atom. The maximum atomic E-state index is 10.7. The molecule has 3 fully saturated rings. The van der Waals surface area contributed by atoms with Gasteiger partial charge in [-0.3, -0.25) is 9.59 Å². The van der Waals surface area contributed by atoms with Crippen LogP contribution in [0.15, 0.2) is 0 Å². The number of carboxylic acids is 2. The van der Waals surface area contributed by atoms with E-state index in [1.54, 1.807) is 0 Å². The van der Waals surface area contributed by atoms with Crippen LogP contribution >= 0.6 is 0 Å². The quantitative estimate of drug-likeness (QED) is 0.640. The van der Waals surface area contributed by atoms with E-state index in [-0.39, 0.29) is 0 Å². The molecule has 0 atom stereocenters. The first-order valence-electron chi connectivity index (χ1n) is 3.98. The average molecular weight is 170 g/mol. The second kappa shape index (κ2) is 1.81. The van der Waals surface area contributed by atoms with E-state index in [0.29, 0.717) is 25.7 Å². The van der Waals surface area contributed by atoms with Crippen LogP contribution in [0.1, 0.15) is 25.7 Å². The van der Waals surface area contributed by atoms with Crippen LogP contribution in [0.2, 0.25) is 0 Å². The monoisotopic (exact) mass is 170 g/mol. The normalized spacial score (nSPS) is 43.7. The number of rotatable bonds is 2. The molecule has 12 heavy (non-hydrogen) atoms. The van der Waals surface area contributed by atoms with Gasteiger partial charge in [0.25, 0.3) is 0 Å². The lowest BCUT2D eigenvalue weighted by Crippen LogP contribution is -2.47. The molecule has 0 aliphatic heterocycles. The molecule has 0 radical (unpaired) electrons. The lowest BCUT2D eigenvalue weighted by molar-refractivity contribution is -0.167. The third kappa shape index (κ3) is 0.629. The fraction of sp³-hybridized carbons (Fsp3) is 0.750. The molecule has 0 unspecified atom stereocenters. The van der Waals surface area contributed by atoms with Gasteiger partial charge in [0.2, 0.25) is 0 Å². The number of aliphatic carboxylic acids is 2. The predicted octanol–water partition coefficient (Wildman–Crippen LogP) is 0.716. The van der Waals surface area contributed by atoms with Gasteiger partial charge in [0, 0.05) is 0 Å². The van der Waals surface area contributed by atoms with Crippen molar-refractivity contribution in [3.05, 3.63) is 0 Å². The highest BCUT2D eigenvalue weighted by Crippen LogP contribution is 2.67. The lowest BCUT2D eigenvalue weighted by atomic mass is 9.60. The van der Waals surface area contributed by atoms with Gasteiger partial charge in [0.15, 0.2) is 0 Å². The van der Waals surface area contributed by atoms with Gasteiger partial charge in [-0.15, -0.1) is 0 Å². The highest BCUT2D eigenvalue weighted by molar-refractivity contribution is 5.85. The zero-order chi connectivity index (χ0) is 8.98. The molecule has 3 saturated carbocycles. The van der Waals surface area contributed by atoms with Crippen LogP contribution in [0, 0.1) is 10.8 Å². The number of fused-ring (bicyclic) bond motifs is 1. The summed E-state index contributed by atoms with van der Waals surface area (Å²) in [5.41, 5.74) is -1.36. The Balaban J connectivity index is 2.20. The van der Waals surface area contributed by atoms with Crippen LogP contribution in [0.5, 0.6) is 0 Å². The third-order valence-corrected chi connectivity index (χ3v) is 3.34. The van der Waals surface area contributed by atoms with Gasteiger partial charge in [0.05, 0.1) is 10.8 Å². The van der Waals surface area contributed by atoms with Gasteiger partial charge >= 0.3 is 11.9 Å². The molecular formula is C8H10O4. The van der Waals surface area contributed by atoms with Gasteiger partial charge < -0.3 is 10.2 Å². The van der Waals surface area contributed by atoms with Crippen molar-refractivity contribution in [3.8, 4) is 0 Å². The van der Waals surface area contributed by atoms with Crippen molar-refractivity contribution in [2.24, 2.45) is 10.8 Å². The number of hydrogen-bond acceptors (Lipinski definition) is 2. The maximum Gasteiger partial charge on any atom is 0.309 e. The number of carboxylic acid groups (broad SMARTS) is 2. The SMILES string of the molecule is O=C(O)C12CCC(C(=O)O)(C1)C2. The maximum absolute atomic E-state index is 10.7. The van der Waals surface area contributed by atoms with Gasteiger partial charge in [-0.1, -0.05) is 0 Å². The van der Waals surface area contributed by atoms with E-state index in [1.807, 2.05) is 0 Å². The van der Waals surface area contributed by atoms with Gasteiger partial charge in [-0.25, -0.2) is 0 Å². The molecule has 4 heteroatoms. The first-order valence-corrected chi connectivity index (χ1v) is 3.98. The topological polar surface area (TPSA) is 74.6 Å². The predicted molar refractivity (Wildman–Crippen MR) is 38.6 cm³/mol. The second-order valence-corrected chi connectivity index (χ2v) is 4.02. The summed E-state index contributed by atoms with van der Waals surface area (Å²) >= 11 is 0. The molecule has 0 saturated heterocycles. The lowest BCUT2D eigenvalue weighted by Gasteiger charge is -2.41. The smallest absolute Gasteiger partial charge is 0.309 e. The largest absolute Gasteiger partial charge is 0.481 e. The minimum atomic E-state index is -0.822. The molecule has 0 spiro atoms. The Hall–Kier alpha value is -1.06. The molecule has 0 aromatic rings. The zero-order valence-electron chi connectivity index (χ0n) is 6.54. The van der Waals surface area contributed by atoms with Crippen molar-refractivity contribution in [3.63, 3.8) is 0 Å². The molecule has 0 heterocycles. The average Bonchev–Trinajstić information content (AvgIpc) is 2.37. The third-order valence-electron chi connectivity index (χ3n) is 3.34. The minimum Gasteiger partial charge on any atom is -0.481 e. The highest BCUT2D eigenvalue weighted by atomic mass is 16.4. The molecule has 0 amide bonds. The van der Waals surface area contributed by atoms with Crippen LogP contribution in [-0.2, 0) is 9.59 Å². The van der Waals surface area contributed by atoms with E-state index >= 15 is 0 Å². The summed E-state index contributed by atoms with van der Waals surface area (Å²) in [5, 5.41) is 17.6. The Bertz CT molecular complexity index is 236. The fourth-order valence-electron chi connectivity index (χ4n) is 2.59. The van der Waals surface area contributed by atoms with Gasteiger partial charge in [-0.05, 0) is 25.7 Å². The molecule has 4 nitrogen and oxygen atoms in total. The van der Waals surface area contributed by atoms with Crippen molar-refractivity contribution >= 4 is 11.9 Å². The molecule has 3 rings (SSSR count). The van der Waals surface area contributed by atoms with E-state index in [0.717, 1.165) is 0 Å². The number of carbonyl (C=O) groups is 2. The molecule has 0 aromatic carbocycles. The van der Waals surface area contributed by atoms with Gasteiger partial charge in [0.1, 0.15) is 0 Å².